The van der Waals surface area contributed by atoms with Gasteiger partial charge in [0.05, 0.1) is 5.82 Å². The third kappa shape index (κ3) is 10.9. The Bertz CT molecular complexity index is 2430. The maximum atomic E-state index is 14.4. The molecule has 1 atom stereocenters. The van der Waals surface area contributed by atoms with Crippen molar-refractivity contribution in [2.75, 3.05) is 50.0 Å². The Labute approximate surface area is 370 Å². The number of nitrogens with one attached hydrogen (secondary N) is 3. The molecule has 1 fully saturated rings. The van der Waals surface area contributed by atoms with Crippen molar-refractivity contribution >= 4 is 46.3 Å². The monoisotopic (exact) mass is 801 g/mol. The van der Waals surface area contributed by atoms with E-state index in [-0.39, 0.29) is 40.9 Å². The molecule has 0 bridgehead atoms. The van der Waals surface area contributed by atoms with Crippen LogP contribution in [0.1, 0.15) is 57.9 Å². The normalized spacial score (nSPS) is 13.0. The van der Waals surface area contributed by atoms with E-state index in [0.717, 1.165) is 86.8 Å². The van der Waals surface area contributed by atoms with Crippen LogP contribution < -0.4 is 55.8 Å². The molecule has 0 aliphatic carbocycles. The Hall–Kier alpha value is -5.16. The number of fused-ring (bicyclic) bond motifs is 2. The van der Waals surface area contributed by atoms with E-state index >= 15 is 0 Å². The molecule has 0 radical (unpaired) electrons. The number of benzene rings is 3. The Morgan fingerprint density at radius 1 is 0.983 bits per heavy atom. The van der Waals surface area contributed by atoms with Gasteiger partial charge in [-0.15, -0.1) is 30.8 Å². The van der Waals surface area contributed by atoms with E-state index in [1.165, 1.54) is 41.1 Å². The Balaban J connectivity index is 0.00000127. The second-order valence-electron chi connectivity index (χ2n) is 14.8. The molecule has 0 saturated carbocycles. The van der Waals surface area contributed by atoms with Crippen molar-refractivity contribution in [3.8, 4) is 22.6 Å². The van der Waals surface area contributed by atoms with E-state index < -0.39 is 5.82 Å². The van der Waals surface area contributed by atoms with E-state index in [4.69, 9.17) is 0 Å². The molecule has 7 rings (SSSR count). The molecule has 0 amide bonds. The van der Waals surface area contributed by atoms with Crippen molar-refractivity contribution in [2.45, 2.75) is 57.9 Å². The summed E-state index contributed by atoms with van der Waals surface area (Å²) in [5.41, 5.74) is 6.82. The number of rotatable bonds is 17. The number of piperazine rings is 1. The minimum atomic E-state index is -0.404. The molecular weight excluding hydrogens is 745 g/mol. The number of nitrogens with zero attached hydrogens (tertiary/aromatic N) is 6. The number of aromatic nitrogens is 5. The van der Waals surface area contributed by atoms with Crippen molar-refractivity contribution in [1.29, 1.82) is 0 Å². The van der Waals surface area contributed by atoms with Gasteiger partial charge in [0.1, 0.15) is 16.7 Å². The summed E-state index contributed by atoms with van der Waals surface area (Å²) in [6.07, 6.45) is 13.0. The Kier molecular flexibility index (Phi) is 16.5. The molecule has 9 nitrogen and oxygen atoms in total. The zero-order valence-corrected chi connectivity index (χ0v) is 37.2. The fourth-order valence-electron chi connectivity index (χ4n) is 7.62. The molecule has 302 valence electrons. The van der Waals surface area contributed by atoms with Gasteiger partial charge in [0, 0.05) is 102 Å². The Morgan fingerprint density at radius 2 is 1.71 bits per heavy atom. The van der Waals surface area contributed by atoms with Gasteiger partial charge in [-0.3, -0.25) is 19.5 Å². The predicted octanol–water partition coefficient (Wildman–Crippen LogP) is 5.98. The van der Waals surface area contributed by atoms with E-state index in [0.29, 0.717) is 22.8 Å². The van der Waals surface area contributed by atoms with Crippen molar-refractivity contribution in [2.24, 2.45) is 0 Å². The molecule has 1 aliphatic heterocycles. The van der Waals surface area contributed by atoms with Crippen LogP contribution in [-0.2, 0) is 0 Å². The number of hydrogen-bond donors (Lipinski definition) is 3. The number of hydrogen-bond acceptors (Lipinski definition) is 7. The molecule has 3 aromatic heterocycles. The average Bonchev–Trinajstić information content (AvgIpc) is 3.79. The largest absolute Gasteiger partial charge is 1.00 e. The van der Waals surface area contributed by atoms with Gasteiger partial charge in [0.2, 0.25) is 0 Å². The minimum absolute atomic E-state index is 0. The van der Waals surface area contributed by atoms with Crippen LogP contribution in [0.4, 0.5) is 15.8 Å². The maximum Gasteiger partial charge on any atom is 1.00 e. The molecule has 1 unspecified atom stereocenters. The molecule has 4 heterocycles. The number of allylic oxidation sites excluding steroid dienone is 2. The van der Waals surface area contributed by atoms with Crippen molar-refractivity contribution in [1.82, 2.24) is 34.9 Å². The molecule has 11 heteroatoms. The summed E-state index contributed by atoms with van der Waals surface area (Å²) < 4.78 is 16.7. The van der Waals surface area contributed by atoms with Crippen LogP contribution in [0.15, 0.2) is 105 Å². The van der Waals surface area contributed by atoms with E-state index in [1.54, 1.807) is 24.5 Å². The fraction of sp³-hybridized carbons (Fsp3) is 0.312. The first-order chi connectivity index (χ1) is 28.2. The van der Waals surface area contributed by atoms with Crippen molar-refractivity contribution < 1.29 is 33.9 Å². The molecule has 3 aromatic carbocycles. The van der Waals surface area contributed by atoms with Crippen LogP contribution >= 0.6 is 0 Å². The van der Waals surface area contributed by atoms with Gasteiger partial charge in [0.15, 0.2) is 0 Å². The minimum Gasteiger partial charge on any atom is -0.394 e. The molecular formula is C48H57FN9Na. The van der Waals surface area contributed by atoms with Gasteiger partial charge in [-0.25, -0.2) is 0 Å². The number of H-pyrrole nitrogens is 1. The second-order valence-corrected chi connectivity index (χ2v) is 14.8. The van der Waals surface area contributed by atoms with Crippen LogP contribution in [0.25, 0.3) is 57.6 Å². The van der Waals surface area contributed by atoms with Crippen molar-refractivity contribution in [3.63, 3.8) is 0 Å². The summed E-state index contributed by atoms with van der Waals surface area (Å²) in [5, 5.41) is 18.3. The third-order valence-electron chi connectivity index (χ3n) is 10.9. The summed E-state index contributed by atoms with van der Waals surface area (Å²) in [5.74, 6) is -0.117. The summed E-state index contributed by atoms with van der Waals surface area (Å²) >= 11 is 0. The topological polar surface area (TPSA) is 89.9 Å². The molecule has 6 aromatic rings. The van der Waals surface area contributed by atoms with E-state index in [1.807, 2.05) is 13.1 Å². The molecule has 1 aliphatic rings. The van der Waals surface area contributed by atoms with Gasteiger partial charge in [0.25, 0.3) is 0 Å². The maximum absolute atomic E-state index is 14.4. The summed E-state index contributed by atoms with van der Waals surface area (Å²) in [7, 11) is 1.81. The Morgan fingerprint density at radius 3 is 2.42 bits per heavy atom. The standard InChI is InChI=1S/C45H50FN8.C3H7N.Na/c1-6-7-14-32(3)54-33(4)38-23-20-36(29-40(38)34(54)5)47-24-13-9-8-10-15-31(2)52-25-27-53(28-26-52)37-21-18-35(19-22-37)43-44-42(50-51-43)30-48-45(49-44)39-16-11-12-17-41(39)46;1-3-4-2;/h6,11-12,17-23,29-30,32,47H,1-2,4-5,7-10,13-15,24-28H2,3H3,(H,50,51);3-4H,1H2,2H3;/q-1;;+1. The van der Waals surface area contributed by atoms with Gasteiger partial charge in [-0.2, -0.15) is 5.10 Å². The smallest absolute Gasteiger partial charge is 0.394 e. The summed E-state index contributed by atoms with van der Waals surface area (Å²) in [4.78, 5) is 13.8. The van der Waals surface area contributed by atoms with Crippen LogP contribution in [0.2, 0.25) is 0 Å². The fourth-order valence-corrected chi connectivity index (χ4v) is 7.62. The van der Waals surface area contributed by atoms with E-state index in [2.05, 4.69) is 134 Å². The predicted molar refractivity (Wildman–Crippen MR) is 241 cm³/mol. The SMILES string of the molecule is C=CCCC(C)n1c(=C)c2ccc(NCCCCCCC(=C)N3CCN(c4ccc(-c5n[nH]c6cnc(-c7[c-]cccc7F)nc56)cc4)CC3)cc2c1=C.C=CNC.[Na+]. The van der Waals surface area contributed by atoms with Gasteiger partial charge >= 0.3 is 29.6 Å². The van der Waals surface area contributed by atoms with Crippen LogP contribution in [0, 0.1) is 11.9 Å². The zero-order valence-electron chi connectivity index (χ0n) is 35.2. The summed E-state index contributed by atoms with van der Waals surface area (Å²) in [6.45, 7) is 27.5. The molecule has 1 saturated heterocycles. The second kappa shape index (κ2) is 21.7. The summed E-state index contributed by atoms with van der Waals surface area (Å²) in [6, 6.07) is 22.9. The van der Waals surface area contributed by atoms with Gasteiger partial charge in [-0.05, 0) is 69.5 Å². The molecule has 3 N–H and O–H groups in total. The first-order valence-electron chi connectivity index (χ1n) is 20.3. The third-order valence-corrected chi connectivity index (χ3v) is 10.9. The molecule has 59 heavy (non-hydrogen) atoms. The van der Waals surface area contributed by atoms with Gasteiger partial charge < -0.3 is 25.0 Å². The van der Waals surface area contributed by atoms with Crippen LogP contribution in [0.3, 0.4) is 0 Å². The quantitative estimate of drug-likeness (QED) is 0.0453. The van der Waals surface area contributed by atoms with Gasteiger partial charge in [-0.1, -0.05) is 69.0 Å². The average molecular weight is 802 g/mol. The first-order valence-corrected chi connectivity index (χ1v) is 20.3. The number of aromatic amines is 1. The van der Waals surface area contributed by atoms with E-state index in [9.17, 15) is 4.39 Å². The number of halogens is 1. The molecule has 0 spiro atoms. The van der Waals surface area contributed by atoms with Crippen molar-refractivity contribution in [3.05, 3.63) is 127 Å². The number of unbranched alkanes of at least 4 members (excludes halogenated alkanes) is 3. The first kappa shape index (κ1) is 44.9. The van der Waals surface area contributed by atoms with Crippen LogP contribution in [0.5, 0.6) is 0 Å². The zero-order chi connectivity index (χ0) is 41.0. The number of anilines is 2. The van der Waals surface area contributed by atoms with Crippen LogP contribution in [-0.4, -0.2) is 69.4 Å².